The number of nitrogens with one attached hydrogen (secondary N) is 1. The van der Waals surface area contributed by atoms with Crippen LogP contribution in [0.25, 0.3) is 16.9 Å². The lowest BCUT2D eigenvalue weighted by Crippen LogP contribution is -2.14. The summed E-state index contributed by atoms with van der Waals surface area (Å²) in [6.07, 6.45) is 1.71. The molecule has 0 aliphatic rings. The number of aryl methyl sites for hydroxylation is 1. The van der Waals surface area contributed by atoms with Crippen molar-refractivity contribution in [2.24, 2.45) is 5.73 Å². The van der Waals surface area contributed by atoms with Crippen LogP contribution in [0, 0.1) is 6.92 Å². The molecule has 0 fully saturated rings. The minimum atomic E-state index is -0.479. The highest BCUT2D eigenvalue weighted by Crippen LogP contribution is 2.28. The SMILES string of the molecule is COc1cccc(-c2nn(-c3ccc(C)cc3)cc2C(=O)Nc2nc(CC(N)=O)cs2)c1. The number of aromatic nitrogens is 3. The smallest absolute Gasteiger partial charge is 0.261 e. The second kappa shape index (κ2) is 9.03. The van der Waals surface area contributed by atoms with Crippen LogP contribution >= 0.6 is 11.3 Å². The molecule has 0 radical (unpaired) electrons. The van der Waals surface area contributed by atoms with E-state index in [2.05, 4.69) is 15.4 Å². The summed E-state index contributed by atoms with van der Waals surface area (Å²) < 4.78 is 7.00. The van der Waals surface area contributed by atoms with Gasteiger partial charge in [-0.2, -0.15) is 5.10 Å². The Morgan fingerprint density at radius 1 is 1.19 bits per heavy atom. The minimum absolute atomic E-state index is 0.0206. The zero-order chi connectivity index (χ0) is 22.7. The molecular weight excluding hydrogens is 426 g/mol. The van der Waals surface area contributed by atoms with E-state index in [9.17, 15) is 9.59 Å². The number of ether oxygens (including phenoxy) is 1. The molecule has 2 aromatic heterocycles. The van der Waals surface area contributed by atoms with Crippen molar-refractivity contribution in [3.63, 3.8) is 0 Å². The Morgan fingerprint density at radius 3 is 2.69 bits per heavy atom. The summed E-state index contributed by atoms with van der Waals surface area (Å²) in [5.74, 6) is -0.177. The van der Waals surface area contributed by atoms with Crippen molar-refractivity contribution in [1.29, 1.82) is 0 Å². The summed E-state index contributed by atoms with van der Waals surface area (Å²) in [4.78, 5) is 28.5. The van der Waals surface area contributed by atoms with Gasteiger partial charge in [-0.1, -0.05) is 29.8 Å². The highest BCUT2D eigenvalue weighted by atomic mass is 32.1. The van der Waals surface area contributed by atoms with Crippen molar-refractivity contribution in [2.45, 2.75) is 13.3 Å². The molecule has 0 atom stereocenters. The number of anilines is 1. The Labute approximate surface area is 188 Å². The monoisotopic (exact) mass is 447 g/mol. The second-order valence-electron chi connectivity index (χ2n) is 7.14. The summed E-state index contributed by atoms with van der Waals surface area (Å²) in [5, 5.41) is 9.56. The predicted octanol–water partition coefficient (Wildman–Crippen LogP) is 3.59. The number of rotatable bonds is 7. The number of carbonyl (C=O) groups is 2. The van der Waals surface area contributed by atoms with Gasteiger partial charge in [0.15, 0.2) is 5.13 Å². The number of primary amides is 1. The number of hydrogen-bond acceptors (Lipinski definition) is 6. The third-order valence-electron chi connectivity index (χ3n) is 4.73. The number of hydrogen-bond donors (Lipinski definition) is 2. The molecule has 0 saturated heterocycles. The van der Waals surface area contributed by atoms with Gasteiger partial charge in [-0.15, -0.1) is 11.3 Å². The van der Waals surface area contributed by atoms with Crippen LogP contribution in [0.2, 0.25) is 0 Å². The molecule has 32 heavy (non-hydrogen) atoms. The molecule has 0 aliphatic heterocycles. The third kappa shape index (κ3) is 4.68. The van der Waals surface area contributed by atoms with Gasteiger partial charge in [0.25, 0.3) is 5.91 Å². The van der Waals surface area contributed by atoms with Crippen molar-refractivity contribution in [1.82, 2.24) is 14.8 Å². The first kappa shape index (κ1) is 21.3. The van der Waals surface area contributed by atoms with E-state index in [0.29, 0.717) is 27.8 Å². The van der Waals surface area contributed by atoms with E-state index in [1.54, 1.807) is 23.4 Å². The van der Waals surface area contributed by atoms with E-state index in [0.717, 1.165) is 16.8 Å². The maximum absolute atomic E-state index is 13.2. The van der Waals surface area contributed by atoms with Gasteiger partial charge < -0.3 is 10.5 Å². The molecule has 162 valence electrons. The summed E-state index contributed by atoms with van der Waals surface area (Å²) in [6.45, 7) is 2.01. The molecule has 2 amide bonds. The van der Waals surface area contributed by atoms with E-state index in [4.69, 9.17) is 10.5 Å². The van der Waals surface area contributed by atoms with Crippen LogP contribution in [-0.2, 0) is 11.2 Å². The number of carbonyl (C=O) groups excluding carboxylic acids is 2. The fourth-order valence-electron chi connectivity index (χ4n) is 3.14. The van der Waals surface area contributed by atoms with E-state index >= 15 is 0 Å². The normalized spacial score (nSPS) is 10.7. The first-order valence-corrected chi connectivity index (χ1v) is 10.7. The van der Waals surface area contributed by atoms with E-state index in [1.165, 1.54) is 11.3 Å². The lowest BCUT2D eigenvalue weighted by Gasteiger charge is -2.05. The standard InChI is InChI=1S/C23H21N5O3S/c1-14-6-8-17(9-7-14)28-12-19(21(27-28)15-4-3-5-18(10-15)31-2)22(30)26-23-25-16(13-32-23)11-20(24)29/h3-10,12-13H,11H2,1-2H3,(H2,24,29)(H,25,26,30). The molecule has 4 rings (SSSR count). The van der Waals surface area contributed by atoms with E-state index < -0.39 is 5.91 Å². The average molecular weight is 448 g/mol. The molecule has 2 heterocycles. The Hall–Kier alpha value is -3.98. The fraction of sp³-hybridized carbons (Fsp3) is 0.130. The number of nitrogens with zero attached hydrogens (tertiary/aromatic N) is 3. The average Bonchev–Trinajstić information content (AvgIpc) is 3.41. The molecule has 0 saturated carbocycles. The van der Waals surface area contributed by atoms with Crippen molar-refractivity contribution < 1.29 is 14.3 Å². The molecule has 0 aliphatic carbocycles. The molecule has 8 nitrogen and oxygen atoms in total. The second-order valence-corrected chi connectivity index (χ2v) is 8.00. The maximum atomic E-state index is 13.2. The summed E-state index contributed by atoms with van der Waals surface area (Å²) >= 11 is 1.23. The summed E-state index contributed by atoms with van der Waals surface area (Å²) in [6, 6.07) is 15.2. The number of thiazole rings is 1. The highest BCUT2D eigenvalue weighted by molar-refractivity contribution is 7.14. The zero-order valence-electron chi connectivity index (χ0n) is 17.5. The van der Waals surface area contributed by atoms with Crippen molar-refractivity contribution in [2.75, 3.05) is 12.4 Å². The number of amides is 2. The van der Waals surface area contributed by atoms with E-state index in [1.807, 2.05) is 55.5 Å². The maximum Gasteiger partial charge on any atom is 0.261 e. The molecule has 0 bridgehead atoms. The number of methoxy groups -OCH3 is 1. The van der Waals surface area contributed by atoms with Crippen LogP contribution < -0.4 is 15.8 Å². The van der Waals surface area contributed by atoms with Gasteiger partial charge in [-0.05, 0) is 31.2 Å². The summed E-state index contributed by atoms with van der Waals surface area (Å²) in [5.41, 5.74) is 9.33. The van der Waals surface area contributed by atoms with Gasteiger partial charge in [-0.3, -0.25) is 14.9 Å². The predicted molar refractivity (Wildman–Crippen MR) is 123 cm³/mol. The van der Waals surface area contributed by atoms with Crippen LogP contribution in [0.5, 0.6) is 5.75 Å². The Balaban J connectivity index is 1.71. The van der Waals surface area contributed by atoms with Gasteiger partial charge >= 0.3 is 0 Å². The van der Waals surface area contributed by atoms with Crippen LogP contribution in [0.3, 0.4) is 0 Å². The Kier molecular flexibility index (Phi) is 6.00. The lowest BCUT2D eigenvalue weighted by molar-refractivity contribution is -0.117. The van der Waals surface area contributed by atoms with Crippen LogP contribution in [0.4, 0.5) is 5.13 Å². The van der Waals surface area contributed by atoms with Gasteiger partial charge in [0.05, 0.1) is 30.5 Å². The fourth-order valence-corrected chi connectivity index (χ4v) is 3.85. The quantitative estimate of drug-likeness (QED) is 0.450. The van der Waals surface area contributed by atoms with Gasteiger partial charge in [0, 0.05) is 17.1 Å². The molecule has 4 aromatic rings. The molecule has 0 spiro atoms. The zero-order valence-corrected chi connectivity index (χ0v) is 18.3. The topological polar surface area (TPSA) is 112 Å². The number of benzene rings is 2. The van der Waals surface area contributed by atoms with Crippen LogP contribution in [0.15, 0.2) is 60.1 Å². The van der Waals surface area contributed by atoms with Crippen LogP contribution in [-0.4, -0.2) is 33.7 Å². The summed E-state index contributed by atoms with van der Waals surface area (Å²) in [7, 11) is 1.59. The largest absolute Gasteiger partial charge is 0.497 e. The molecule has 9 heteroatoms. The lowest BCUT2D eigenvalue weighted by atomic mass is 10.1. The molecular formula is C23H21N5O3S. The van der Waals surface area contributed by atoms with Crippen molar-refractivity contribution >= 4 is 28.3 Å². The van der Waals surface area contributed by atoms with E-state index in [-0.39, 0.29) is 12.3 Å². The molecule has 2 aromatic carbocycles. The third-order valence-corrected chi connectivity index (χ3v) is 5.53. The Bertz CT molecular complexity index is 1280. The van der Waals surface area contributed by atoms with Gasteiger partial charge in [0.1, 0.15) is 11.4 Å². The Morgan fingerprint density at radius 2 is 1.97 bits per heavy atom. The first-order valence-electron chi connectivity index (χ1n) is 9.78. The first-order chi connectivity index (χ1) is 15.4. The van der Waals surface area contributed by atoms with Crippen LogP contribution in [0.1, 0.15) is 21.6 Å². The number of nitrogens with two attached hydrogens (primary N) is 1. The molecule has 3 N–H and O–H groups in total. The van der Waals surface area contributed by atoms with Crippen molar-refractivity contribution in [3.8, 4) is 22.7 Å². The highest BCUT2D eigenvalue weighted by Gasteiger charge is 2.20. The molecule has 0 unspecified atom stereocenters. The van der Waals surface area contributed by atoms with Gasteiger partial charge in [0.2, 0.25) is 5.91 Å². The van der Waals surface area contributed by atoms with Crippen molar-refractivity contribution in [3.05, 3.63) is 76.9 Å². The van der Waals surface area contributed by atoms with Gasteiger partial charge in [-0.25, -0.2) is 9.67 Å². The minimum Gasteiger partial charge on any atom is -0.497 e.